The highest BCUT2D eigenvalue weighted by Gasteiger charge is 2.18. The summed E-state index contributed by atoms with van der Waals surface area (Å²) >= 11 is 0. The molecule has 8 heteroatoms. The van der Waals surface area contributed by atoms with E-state index < -0.39 is 10.0 Å². The molecule has 0 unspecified atom stereocenters. The Morgan fingerprint density at radius 3 is 2.25 bits per heavy atom. The Bertz CT molecular complexity index is 907. The highest BCUT2D eigenvalue weighted by atomic mass is 32.2. The third kappa shape index (κ3) is 6.33. The van der Waals surface area contributed by atoms with Crippen molar-refractivity contribution in [2.75, 3.05) is 25.5 Å². The Morgan fingerprint density at radius 1 is 1.14 bits per heavy atom. The molecule has 0 aliphatic heterocycles. The van der Waals surface area contributed by atoms with Crippen LogP contribution in [0.4, 0.5) is 5.69 Å². The molecule has 0 saturated carbocycles. The number of aryl methyl sites for hydroxylation is 2. The second-order valence-electron chi connectivity index (χ2n) is 6.89. The lowest BCUT2D eigenvalue weighted by molar-refractivity contribution is -0.120. The van der Waals surface area contributed by atoms with Gasteiger partial charge < -0.3 is 10.1 Å². The fraction of sp³-hybridized carbons (Fsp3) is 0.350. The van der Waals surface area contributed by atoms with Crippen LogP contribution in [0.2, 0.25) is 0 Å². The third-order valence-electron chi connectivity index (χ3n) is 4.40. The van der Waals surface area contributed by atoms with Crippen molar-refractivity contribution in [2.24, 2.45) is 5.14 Å². The molecule has 0 radical (unpaired) electrons. The molecule has 0 heterocycles. The van der Waals surface area contributed by atoms with Crippen LogP contribution in [0, 0.1) is 13.8 Å². The third-order valence-corrected chi connectivity index (χ3v) is 5.33. The molecule has 0 spiro atoms. The van der Waals surface area contributed by atoms with E-state index in [-0.39, 0.29) is 16.8 Å². The van der Waals surface area contributed by atoms with Crippen LogP contribution >= 0.6 is 0 Å². The molecule has 0 fully saturated rings. The summed E-state index contributed by atoms with van der Waals surface area (Å²) in [5.41, 5.74) is 2.79. The molecule has 7 nitrogen and oxygen atoms in total. The molecule has 0 aromatic heterocycles. The Labute approximate surface area is 166 Å². The monoisotopic (exact) mass is 405 g/mol. The molecule has 0 aliphatic rings. The highest BCUT2D eigenvalue weighted by Crippen LogP contribution is 2.16. The molecule has 1 atom stereocenters. The van der Waals surface area contributed by atoms with Crippen molar-refractivity contribution in [2.45, 2.75) is 31.7 Å². The Balaban J connectivity index is 1.86. The summed E-state index contributed by atoms with van der Waals surface area (Å²) in [4.78, 5) is 14.3. The summed E-state index contributed by atoms with van der Waals surface area (Å²) in [7, 11) is -1.90. The minimum atomic E-state index is -3.75. The number of nitrogens with zero attached hydrogens (tertiary/aromatic N) is 1. The SMILES string of the molecule is Cc1cc(C)cc(OCCN(C)[C@H](C)C(=O)Nc2ccc(S(N)(=O)=O)cc2)c1. The van der Waals surface area contributed by atoms with E-state index >= 15 is 0 Å². The Hall–Kier alpha value is -2.42. The molecule has 0 saturated heterocycles. The molecule has 2 aromatic carbocycles. The number of anilines is 1. The van der Waals surface area contributed by atoms with Crippen LogP contribution < -0.4 is 15.2 Å². The zero-order valence-corrected chi connectivity index (χ0v) is 17.4. The second kappa shape index (κ2) is 9.18. The summed E-state index contributed by atoms with van der Waals surface area (Å²) < 4.78 is 28.3. The fourth-order valence-electron chi connectivity index (χ4n) is 2.69. The van der Waals surface area contributed by atoms with Crippen LogP contribution in [0.5, 0.6) is 5.75 Å². The van der Waals surface area contributed by atoms with Crippen molar-refractivity contribution in [3.8, 4) is 5.75 Å². The normalized spacial score (nSPS) is 12.6. The number of nitrogens with one attached hydrogen (secondary N) is 1. The molecular weight excluding hydrogens is 378 g/mol. The van der Waals surface area contributed by atoms with Crippen molar-refractivity contribution in [3.63, 3.8) is 0 Å². The average Bonchev–Trinajstić information content (AvgIpc) is 2.59. The zero-order valence-electron chi connectivity index (χ0n) is 16.6. The molecule has 0 bridgehead atoms. The van der Waals surface area contributed by atoms with E-state index in [2.05, 4.69) is 11.4 Å². The van der Waals surface area contributed by atoms with Crippen molar-refractivity contribution < 1.29 is 17.9 Å². The van der Waals surface area contributed by atoms with E-state index in [1.807, 2.05) is 37.9 Å². The second-order valence-corrected chi connectivity index (χ2v) is 8.45. The van der Waals surface area contributed by atoms with E-state index in [1.54, 1.807) is 6.92 Å². The number of primary sulfonamides is 1. The summed E-state index contributed by atoms with van der Waals surface area (Å²) in [6.07, 6.45) is 0. The molecule has 3 N–H and O–H groups in total. The molecule has 152 valence electrons. The molecule has 28 heavy (non-hydrogen) atoms. The van der Waals surface area contributed by atoms with E-state index in [0.29, 0.717) is 18.8 Å². The van der Waals surface area contributed by atoms with Gasteiger partial charge in [0, 0.05) is 12.2 Å². The number of rotatable bonds is 8. The van der Waals surface area contributed by atoms with Gasteiger partial charge in [-0.2, -0.15) is 0 Å². The van der Waals surface area contributed by atoms with E-state index in [0.717, 1.165) is 16.9 Å². The lowest BCUT2D eigenvalue weighted by Crippen LogP contribution is -2.41. The van der Waals surface area contributed by atoms with Gasteiger partial charge in [-0.15, -0.1) is 0 Å². The van der Waals surface area contributed by atoms with Crippen LogP contribution in [-0.4, -0.2) is 45.5 Å². The quantitative estimate of drug-likeness (QED) is 0.702. The van der Waals surface area contributed by atoms with Gasteiger partial charge in [-0.3, -0.25) is 9.69 Å². The standard InChI is InChI=1S/C20H27N3O4S/c1-14-11-15(2)13-18(12-14)27-10-9-23(4)16(3)20(24)22-17-5-7-19(8-6-17)28(21,25)26/h5-8,11-13,16H,9-10H2,1-4H3,(H,22,24)(H2,21,25,26)/t16-/m1/s1. The zero-order chi connectivity index (χ0) is 20.9. The first kappa shape index (κ1) is 21.9. The van der Waals surface area contributed by atoms with Crippen molar-refractivity contribution in [1.29, 1.82) is 0 Å². The van der Waals surface area contributed by atoms with Crippen molar-refractivity contribution in [1.82, 2.24) is 4.90 Å². The average molecular weight is 406 g/mol. The van der Waals surface area contributed by atoms with Gasteiger partial charge >= 0.3 is 0 Å². The molecule has 1 amide bonds. The topological polar surface area (TPSA) is 102 Å². The van der Waals surface area contributed by atoms with E-state index in [1.165, 1.54) is 24.3 Å². The van der Waals surface area contributed by atoms with Crippen LogP contribution in [0.3, 0.4) is 0 Å². The highest BCUT2D eigenvalue weighted by molar-refractivity contribution is 7.89. The van der Waals surface area contributed by atoms with Gasteiger partial charge in [0.25, 0.3) is 0 Å². The predicted octanol–water partition coefficient (Wildman–Crippen LogP) is 2.29. The number of hydrogen-bond donors (Lipinski definition) is 2. The smallest absolute Gasteiger partial charge is 0.241 e. The maximum atomic E-state index is 12.4. The van der Waals surface area contributed by atoms with Gasteiger partial charge in [0.15, 0.2) is 0 Å². The first-order chi connectivity index (χ1) is 13.1. The number of carbonyl (C=O) groups is 1. The number of likely N-dealkylation sites (N-methyl/N-ethyl adjacent to an activating group) is 1. The number of benzene rings is 2. The van der Waals surface area contributed by atoms with Gasteiger partial charge in [0.2, 0.25) is 15.9 Å². The lowest BCUT2D eigenvalue weighted by atomic mass is 10.1. The van der Waals surface area contributed by atoms with Crippen molar-refractivity contribution >= 4 is 21.6 Å². The number of sulfonamides is 1. The Kier molecular flexibility index (Phi) is 7.17. The summed E-state index contributed by atoms with van der Waals surface area (Å²) in [5.74, 6) is 0.621. The number of hydrogen-bond acceptors (Lipinski definition) is 5. The van der Waals surface area contributed by atoms with Crippen LogP contribution in [0.1, 0.15) is 18.1 Å². The molecule has 2 rings (SSSR count). The fourth-order valence-corrected chi connectivity index (χ4v) is 3.21. The molecule has 0 aliphatic carbocycles. The molecule has 2 aromatic rings. The van der Waals surface area contributed by atoms with Gasteiger partial charge in [0.05, 0.1) is 10.9 Å². The van der Waals surface area contributed by atoms with Crippen LogP contribution in [0.15, 0.2) is 47.4 Å². The Morgan fingerprint density at radius 2 is 1.71 bits per heavy atom. The number of amides is 1. The predicted molar refractivity (Wildman–Crippen MR) is 110 cm³/mol. The van der Waals surface area contributed by atoms with Gasteiger partial charge in [-0.1, -0.05) is 6.07 Å². The minimum Gasteiger partial charge on any atom is -0.492 e. The first-order valence-corrected chi connectivity index (χ1v) is 10.5. The van der Waals surface area contributed by atoms with E-state index in [9.17, 15) is 13.2 Å². The van der Waals surface area contributed by atoms with Gasteiger partial charge in [-0.05, 0) is 75.3 Å². The largest absolute Gasteiger partial charge is 0.492 e. The van der Waals surface area contributed by atoms with Crippen molar-refractivity contribution in [3.05, 3.63) is 53.6 Å². The summed E-state index contributed by atoms with van der Waals surface area (Å²) in [6.45, 7) is 6.87. The van der Waals surface area contributed by atoms with E-state index in [4.69, 9.17) is 9.88 Å². The summed E-state index contributed by atoms with van der Waals surface area (Å²) in [6, 6.07) is 11.4. The summed E-state index contributed by atoms with van der Waals surface area (Å²) in [5, 5.41) is 7.83. The van der Waals surface area contributed by atoms with Crippen LogP contribution in [-0.2, 0) is 14.8 Å². The number of nitrogens with two attached hydrogens (primary N) is 1. The number of carbonyl (C=O) groups excluding carboxylic acids is 1. The van der Waals surface area contributed by atoms with Gasteiger partial charge in [-0.25, -0.2) is 13.6 Å². The number of ether oxygens (including phenoxy) is 1. The first-order valence-electron chi connectivity index (χ1n) is 8.91. The van der Waals surface area contributed by atoms with Gasteiger partial charge in [0.1, 0.15) is 12.4 Å². The maximum absolute atomic E-state index is 12.4. The maximum Gasteiger partial charge on any atom is 0.241 e. The molecular formula is C20H27N3O4S. The minimum absolute atomic E-state index is 0.000741. The van der Waals surface area contributed by atoms with Crippen LogP contribution in [0.25, 0.3) is 0 Å². The lowest BCUT2D eigenvalue weighted by Gasteiger charge is -2.24.